The minimum absolute atomic E-state index is 0. The Bertz CT molecular complexity index is 1150. The number of nitrogens with one attached hydrogen (secondary N) is 2. The minimum atomic E-state index is -0.421. The molecule has 0 radical (unpaired) electrons. The molecular formula is C26H33Cl2FN4O2. The van der Waals surface area contributed by atoms with Crippen molar-refractivity contribution in [2.45, 2.75) is 53.8 Å². The number of ether oxygens (including phenoxy) is 1. The highest BCUT2D eigenvalue weighted by molar-refractivity contribution is 6.30. The van der Waals surface area contributed by atoms with Crippen LogP contribution in [0.4, 0.5) is 10.2 Å². The Kier molecular flexibility index (Phi) is 10.6. The van der Waals surface area contributed by atoms with Gasteiger partial charge in [-0.05, 0) is 43.2 Å². The summed E-state index contributed by atoms with van der Waals surface area (Å²) in [5, 5.41) is 11.0. The number of anilines is 1. The average molecular weight is 523 g/mol. The number of nitrogens with zero attached hydrogens (tertiary/aromatic N) is 2. The summed E-state index contributed by atoms with van der Waals surface area (Å²) in [4.78, 5) is 12.7. The molecule has 1 aromatic heterocycles. The van der Waals surface area contributed by atoms with Crippen LogP contribution in [0.3, 0.4) is 0 Å². The second-order valence-electron chi connectivity index (χ2n) is 9.08. The van der Waals surface area contributed by atoms with Crippen LogP contribution in [0.15, 0.2) is 42.5 Å². The summed E-state index contributed by atoms with van der Waals surface area (Å²) < 4.78 is 22.1. The van der Waals surface area contributed by atoms with Crippen LogP contribution >= 0.6 is 24.0 Å². The molecule has 6 nitrogen and oxygen atoms in total. The molecule has 0 aliphatic heterocycles. The number of carbonyl (C=O) groups excluding carboxylic acids is 1. The second kappa shape index (κ2) is 12.9. The van der Waals surface area contributed by atoms with Gasteiger partial charge in [0.1, 0.15) is 11.6 Å². The lowest BCUT2D eigenvalue weighted by atomic mass is 10.1. The Morgan fingerprint density at radius 2 is 1.86 bits per heavy atom. The molecule has 0 aliphatic carbocycles. The number of rotatable bonds is 10. The second-order valence-corrected chi connectivity index (χ2v) is 9.52. The molecule has 0 unspecified atom stereocenters. The summed E-state index contributed by atoms with van der Waals surface area (Å²) in [6.07, 6.45) is 0. The third kappa shape index (κ3) is 8.23. The molecule has 1 heterocycles. The molecule has 0 saturated heterocycles. The van der Waals surface area contributed by atoms with Crippen molar-refractivity contribution in [2.75, 3.05) is 11.9 Å². The van der Waals surface area contributed by atoms with Crippen LogP contribution in [0, 0.1) is 18.7 Å². The van der Waals surface area contributed by atoms with E-state index in [-0.39, 0.29) is 24.0 Å². The van der Waals surface area contributed by atoms with Crippen LogP contribution in [0.5, 0.6) is 5.75 Å². The van der Waals surface area contributed by atoms with Crippen molar-refractivity contribution in [3.63, 3.8) is 0 Å². The van der Waals surface area contributed by atoms with Crippen molar-refractivity contribution in [1.82, 2.24) is 15.1 Å². The first-order valence-corrected chi connectivity index (χ1v) is 11.8. The number of amides is 1. The van der Waals surface area contributed by atoms with Gasteiger partial charge in [0, 0.05) is 46.1 Å². The SMILES string of the molecule is Cc1cc(NC(=O)c2ccc(CNC(C)C)c(F)c2)nn1Cc1cc(Cl)ccc1OCC(C)C.Cl. The van der Waals surface area contributed by atoms with Crippen LogP contribution < -0.4 is 15.4 Å². The highest BCUT2D eigenvalue weighted by Crippen LogP contribution is 2.25. The first-order chi connectivity index (χ1) is 16.1. The van der Waals surface area contributed by atoms with Crippen molar-refractivity contribution in [2.24, 2.45) is 5.92 Å². The normalized spacial score (nSPS) is 11.0. The summed E-state index contributed by atoms with van der Waals surface area (Å²) in [5.74, 6) is 0.691. The quantitative estimate of drug-likeness (QED) is 0.330. The van der Waals surface area contributed by atoms with Crippen LogP contribution in [0.1, 0.15) is 54.9 Å². The van der Waals surface area contributed by atoms with Gasteiger partial charge in [-0.3, -0.25) is 9.48 Å². The van der Waals surface area contributed by atoms with E-state index in [0.29, 0.717) is 42.0 Å². The number of aromatic nitrogens is 2. The van der Waals surface area contributed by atoms with E-state index < -0.39 is 11.7 Å². The van der Waals surface area contributed by atoms with Gasteiger partial charge in [-0.25, -0.2) is 4.39 Å². The van der Waals surface area contributed by atoms with E-state index in [4.69, 9.17) is 16.3 Å². The summed E-state index contributed by atoms with van der Waals surface area (Å²) in [7, 11) is 0. The van der Waals surface area contributed by atoms with Crippen LogP contribution in [-0.2, 0) is 13.1 Å². The molecule has 0 fully saturated rings. The molecule has 3 aromatic rings. The maximum Gasteiger partial charge on any atom is 0.256 e. The molecule has 2 N–H and O–H groups in total. The predicted octanol–water partition coefficient (Wildman–Crippen LogP) is 6.24. The van der Waals surface area contributed by atoms with Gasteiger partial charge < -0.3 is 15.4 Å². The van der Waals surface area contributed by atoms with Crippen molar-refractivity contribution < 1.29 is 13.9 Å². The molecular weight excluding hydrogens is 490 g/mol. The van der Waals surface area contributed by atoms with E-state index in [1.807, 2.05) is 32.9 Å². The molecule has 35 heavy (non-hydrogen) atoms. The first-order valence-electron chi connectivity index (χ1n) is 11.4. The maximum atomic E-state index is 14.4. The molecule has 2 aromatic carbocycles. The van der Waals surface area contributed by atoms with E-state index in [2.05, 4.69) is 29.6 Å². The van der Waals surface area contributed by atoms with E-state index in [9.17, 15) is 9.18 Å². The average Bonchev–Trinajstić information content (AvgIpc) is 3.10. The standard InChI is InChI=1S/C26H32ClFN4O2.ClH/c1-16(2)15-34-24-9-8-22(27)11-21(24)14-32-18(5)10-25(31-32)30-26(33)19-6-7-20(23(28)12-19)13-29-17(3)4;/h6-12,16-17,29H,13-15H2,1-5H3,(H,30,31,33);1H. The highest BCUT2D eigenvalue weighted by atomic mass is 35.5. The Morgan fingerprint density at radius 3 is 2.51 bits per heavy atom. The van der Waals surface area contributed by atoms with Gasteiger partial charge in [0.2, 0.25) is 0 Å². The Hall–Kier alpha value is -2.61. The Labute approximate surface area is 217 Å². The fraction of sp³-hybridized carbons (Fsp3) is 0.385. The van der Waals surface area contributed by atoms with Gasteiger partial charge in [-0.1, -0.05) is 45.4 Å². The van der Waals surface area contributed by atoms with Gasteiger partial charge in [0.25, 0.3) is 5.91 Å². The monoisotopic (exact) mass is 522 g/mol. The lowest BCUT2D eigenvalue weighted by Gasteiger charge is -2.14. The third-order valence-electron chi connectivity index (χ3n) is 5.15. The lowest BCUT2D eigenvalue weighted by molar-refractivity contribution is 0.102. The van der Waals surface area contributed by atoms with Crippen LogP contribution in [0.2, 0.25) is 5.02 Å². The molecule has 0 atom stereocenters. The first kappa shape index (κ1) is 28.6. The smallest absolute Gasteiger partial charge is 0.256 e. The summed E-state index contributed by atoms with van der Waals surface area (Å²) in [6, 6.07) is 12.0. The zero-order valence-corrected chi connectivity index (χ0v) is 22.3. The Morgan fingerprint density at radius 1 is 1.11 bits per heavy atom. The molecule has 3 rings (SSSR count). The zero-order valence-electron chi connectivity index (χ0n) is 20.7. The molecule has 0 spiro atoms. The summed E-state index contributed by atoms with van der Waals surface area (Å²) >= 11 is 6.21. The number of carbonyl (C=O) groups is 1. The van der Waals surface area contributed by atoms with Crippen molar-refractivity contribution >= 4 is 35.7 Å². The molecule has 0 saturated carbocycles. The fourth-order valence-electron chi connectivity index (χ4n) is 3.30. The number of hydrogen-bond acceptors (Lipinski definition) is 4. The van der Waals surface area contributed by atoms with E-state index >= 15 is 0 Å². The van der Waals surface area contributed by atoms with Crippen molar-refractivity contribution in [1.29, 1.82) is 0 Å². The summed E-state index contributed by atoms with van der Waals surface area (Å²) in [5.41, 5.74) is 2.50. The maximum absolute atomic E-state index is 14.4. The molecule has 0 aliphatic rings. The fourth-order valence-corrected chi connectivity index (χ4v) is 3.49. The van der Waals surface area contributed by atoms with E-state index in [1.54, 1.807) is 28.9 Å². The van der Waals surface area contributed by atoms with Crippen LogP contribution in [0.25, 0.3) is 0 Å². The van der Waals surface area contributed by atoms with Gasteiger partial charge in [0.15, 0.2) is 5.82 Å². The lowest BCUT2D eigenvalue weighted by Crippen LogP contribution is -2.22. The van der Waals surface area contributed by atoms with Crippen LogP contribution in [-0.4, -0.2) is 28.3 Å². The molecule has 190 valence electrons. The third-order valence-corrected chi connectivity index (χ3v) is 5.39. The molecule has 9 heteroatoms. The number of aryl methyl sites for hydroxylation is 1. The topological polar surface area (TPSA) is 68.2 Å². The minimum Gasteiger partial charge on any atom is -0.493 e. The highest BCUT2D eigenvalue weighted by Gasteiger charge is 2.14. The van der Waals surface area contributed by atoms with Crippen molar-refractivity contribution in [3.05, 3.63) is 75.7 Å². The van der Waals surface area contributed by atoms with Crippen molar-refractivity contribution in [3.8, 4) is 5.75 Å². The molecule has 1 amide bonds. The van der Waals surface area contributed by atoms with E-state index in [0.717, 1.165) is 17.0 Å². The number of hydrogen-bond donors (Lipinski definition) is 2. The molecule has 0 bridgehead atoms. The number of halogens is 3. The van der Waals surface area contributed by atoms with Gasteiger partial charge in [-0.2, -0.15) is 5.10 Å². The number of benzene rings is 2. The zero-order chi connectivity index (χ0) is 24.8. The van der Waals surface area contributed by atoms with Gasteiger partial charge >= 0.3 is 0 Å². The Balaban J connectivity index is 0.00000432. The van der Waals surface area contributed by atoms with E-state index in [1.165, 1.54) is 6.07 Å². The predicted molar refractivity (Wildman–Crippen MR) is 141 cm³/mol. The van der Waals surface area contributed by atoms with Gasteiger partial charge in [0.05, 0.1) is 13.2 Å². The van der Waals surface area contributed by atoms with Gasteiger partial charge in [-0.15, -0.1) is 12.4 Å². The summed E-state index contributed by atoms with van der Waals surface area (Å²) in [6.45, 7) is 11.5. The largest absolute Gasteiger partial charge is 0.493 e.